The molecule has 2 N–H and O–H groups in total. The van der Waals surface area contributed by atoms with Crippen molar-refractivity contribution in [3.63, 3.8) is 0 Å². The van der Waals surface area contributed by atoms with Gasteiger partial charge in [-0.05, 0) is 49.1 Å². The number of hydrogen-bond acceptors (Lipinski definition) is 5. The highest BCUT2D eigenvalue weighted by atomic mass is 16.5. The molecule has 3 heterocycles. The van der Waals surface area contributed by atoms with Crippen LogP contribution in [-0.2, 0) is 11.3 Å². The lowest BCUT2D eigenvalue weighted by Crippen LogP contribution is -2.18. The third kappa shape index (κ3) is 4.65. The lowest BCUT2D eigenvalue weighted by molar-refractivity contribution is -0.0366. The number of carboxylic acid groups (broad SMARTS) is 1. The minimum atomic E-state index is -1.15. The van der Waals surface area contributed by atoms with Gasteiger partial charge in [0.15, 0.2) is 6.23 Å². The number of fused-ring (bicyclic) bond motifs is 1. The Morgan fingerprint density at radius 2 is 2.03 bits per heavy atom. The molecule has 1 atom stereocenters. The van der Waals surface area contributed by atoms with Crippen LogP contribution in [0.4, 0.5) is 10.6 Å². The molecule has 0 radical (unpaired) electrons. The van der Waals surface area contributed by atoms with E-state index in [1.807, 2.05) is 59.4 Å². The molecule has 0 saturated carbocycles. The van der Waals surface area contributed by atoms with E-state index in [-0.39, 0.29) is 12.0 Å². The smallest absolute Gasteiger partial charge is 0.410 e. The Morgan fingerprint density at radius 3 is 2.76 bits per heavy atom. The van der Waals surface area contributed by atoms with Crippen molar-refractivity contribution in [3.05, 3.63) is 72.6 Å². The lowest BCUT2D eigenvalue weighted by Gasteiger charge is -2.23. The normalized spacial score (nSPS) is 15.9. The van der Waals surface area contributed by atoms with Gasteiger partial charge in [-0.15, -0.1) is 0 Å². The van der Waals surface area contributed by atoms with E-state index in [9.17, 15) is 4.79 Å². The summed E-state index contributed by atoms with van der Waals surface area (Å²) >= 11 is 0. The second-order valence-electron chi connectivity index (χ2n) is 7.95. The van der Waals surface area contributed by atoms with Gasteiger partial charge in [0.1, 0.15) is 18.2 Å². The van der Waals surface area contributed by atoms with Crippen LogP contribution in [0.15, 0.2) is 67.0 Å². The molecule has 33 heavy (non-hydrogen) atoms. The zero-order valence-electron chi connectivity index (χ0n) is 18.0. The van der Waals surface area contributed by atoms with Gasteiger partial charge >= 0.3 is 6.09 Å². The quantitative estimate of drug-likeness (QED) is 0.409. The van der Waals surface area contributed by atoms with Crippen molar-refractivity contribution in [2.75, 3.05) is 11.9 Å². The lowest BCUT2D eigenvalue weighted by atomic mass is 10.0. The van der Waals surface area contributed by atoms with Crippen LogP contribution >= 0.6 is 0 Å². The van der Waals surface area contributed by atoms with Crippen molar-refractivity contribution >= 4 is 22.8 Å². The van der Waals surface area contributed by atoms with Crippen molar-refractivity contribution in [1.82, 2.24) is 14.8 Å². The average Bonchev–Trinajstić information content (AvgIpc) is 3.26. The number of benzene rings is 2. The highest BCUT2D eigenvalue weighted by Crippen LogP contribution is 2.36. The predicted molar refractivity (Wildman–Crippen MR) is 124 cm³/mol. The van der Waals surface area contributed by atoms with E-state index in [0.29, 0.717) is 12.4 Å². The molecule has 1 aliphatic rings. The SMILES string of the molecule is O=C(O)Nc1ccc(-c2cc3c(cnn3C3CCCCO3)cc2OCc2ccccc2)cn1. The Balaban J connectivity index is 1.54. The van der Waals surface area contributed by atoms with Crippen molar-refractivity contribution < 1.29 is 19.4 Å². The van der Waals surface area contributed by atoms with E-state index < -0.39 is 6.09 Å². The topological polar surface area (TPSA) is 98.5 Å². The molecule has 1 saturated heterocycles. The Labute approximate surface area is 190 Å². The number of pyridine rings is 1. The number of nitrogens with zero attached hydrogens (tertiary/aromatic N) is 3. The summed E-state index contributed by atoms with van der Waals surface area (Å²) in [5.41, 5.74) is 3.68. The van der Waals surface area contributed by atoms with Crippen LogP contribution < -0.4 is 10.1 Å². The molecule has 0 bridgehead atoms. The van der Waals surface area contributed by atoms with Crippen molar-refractivity contribution in [1.29, 1.82) is 0 Å². The molecular formula is C25H24N4O4. The van der Waals surface area contributed by atoms with Gasteiger partial charge in [-0.3, -0.25) is 5.32 Å². The molecule has 8 nitrogen and oxygen atoms in total. The summed E-state index contributed by atoms with van der Waals surface area (Å²) in [6.45, 7) is 1.16. The molecule has 1 aliphatic heterocycles. The summed E-state index contributed by atoms with van der Waals surface area (Å²) in [6.07, 6.45) is 5.35. The fraction of sp³-hybridized carbons (Fsp3) is 0.240. The molecule has 1 fully saturated rings. The zero-order chi connectivity index (χ0) is 22.6. The minimum absolute atomic E-state index is 0.0829. The molecule has 0 spiro atoms. The summed E-state index contributed by atoms with van der Waals surface area (Å²) in [6, 6.07) is 17.5. The van der Waals surface area contributed by atoms with Gasteiger partial charge in [0.25, 0.3) is 0 Å². The molecule has 8 heteroatoms. The Morgan fingerprint density at radius 1 is 1.15 bits per heavy atom. The summed E-state index contributed by atoms with van der Waals surface area (Å²) in [5.74, 6) is 0.968. The predicted octanol–water partition coefficient (Wildman–Crippen LogP) is 5.47. The third-order valence-corrected chi connectivity index (χ3v) is 5.67. The zero-order valence-corrected chi connectivity index (χ0v) is 18.0. The van der Waals surface area contributed by atoms with Gasteiger partial charge in [-0.2, -0.15) is 5.10 Å². The Bertz CT molecular complexity index is 1250. The van der Waals surface area contributed by atoms with Crippen LogP contribution in [0.5, 0.6) is 5.75 Å². The maximum atomic E-state index is 10.9. The van der Waals surface area contributed by atoms with Gasteiger partial charge in [-0.1, -0.05) is 30.3 Å². The van der Waals surface area contributed by atoms with E-state index in [4.69, 9.17) is 14.6 Å². The first-order valence-electron chi connectivity index (χ1n) is 10.9. The fourth-order valence-corrected chi connectivity index (χ4v) is 4.04. The molecule has 1 unspecified atom stereocenters. The van der Waals surface area contributed by atoms with Crippen LogP contribution in [0.2, 0.25) is 0 Å². The van der Waals surface area contributed by atoms with Crippen LogP contribution in [-0.4, -0.2) is 32.6 Å². The van der Waals surface area contributed by atoms with Crippen LogP contribution in [0.25, 0.3) is 22.0 Å². The van der Waals surface area contributed by atoms with Gasteiger partial charge in [0.2, 0.25) is 0 Å². The third-order valence-electron chi connectivity index (χ3n) is 5.67. The summed E-state index contributed by atoms with van der Waals surface area (Å²) in [4.78, 5) is 15.1. The van der Waals surface area contributed by atoms with Crippen LogP contribution in [0.3, 0.4) is 0 Å². The van der Waals surface area contributed by atoms with Crippen molar-refractivity contribution in [2.24, 2.45) is 0 Å². The summed E-state index contributed by atoms with van der Waals surface area (Å²) in [5, 5.41) is 16.8. The molecule has 5 rings (SSSR count). The largest absolute Gasteiger partial charge is 0.488 e. The number of nitrogens with one attached hydrogen (secondary N) is 1. The summed E-state index contributed by atoms with van der Waals surface area (Å²) < 4.78 is 14.1. The molecule has 4 aromatic rings. The molecule has 2 aromatic heterocycles. The van der Waals surface area contributed by atoms with Crippen LogP contribution in [0.1, 0.15) is 31.1 Å². The monoisotopic (exact) mass is 444 g/mol. The van der Waals surface area contributed by atoms with Gasteiger partial charge in [0.05, 0.1) is 11.7 Å². The second kappa shape index (κ2) is 9.30. The number of rotatable bonds is 6. The number of ether oxygens (including phenoxy) is 2. The number of carbonyl (C=O) groups is 1. The molecule has 2 aromatic carbocycles. The standard InChI is InChI=1S/C25H24N4O4/c30-25(31)28-23-10-9-18(14-26-23)20-13-21-19(15-27-29(21)24-8-4-5-11-32-24)12-22(20)33-16-17-6-2-1-3-7-17/h1-3,6-7,9-10,12-15,24H,4-5,8,11,16H2,(H,26,28)(H,30,31). The number of aromatic nitrogens is 3. The Kier molecular flexibility index (Phi) is 5.91. The summed E-state index contributed by atoms with van der Waals surface area (Å²) in [7, 11) is 0. The highest BCUT2D eigenvalue weighted by molar-refractivity contribution is 5.89. The van der Waals surface area contributed by atoms with E-state index in [1.54, 1.807) is 12.3 Å². The molecular weight excluding hydrogens is 420 g/mol. The van der Waals surface area contributed by atoms with E-state index in [0.717, 1.165) is 53.5 Å². The van der Waals surface area contributed by atoms with Gasteiger partial charge in [-0.25, -0.2) is 14.5 Å². The number of hydrogen-bond donors (Lipinski definition) is 2. The van der Waals surface area contributed by atoms with Gasteiger partial charge in [0, 0.05) is 29.3 Å². The first kappa shape index (κ1) is 21.0. The number of amides is 1. The molecule has 168 valence electrons. The van der Waals surface area contributed by atoms with E-state index in [2.05, 4.69) is 15.4 Å². The fourth-order valence-electron chi connectivity index (χ4n) is 4.04. The van der Waals surface area contributed by atoms with Crippen molar-refractivity contribution in [3.8, 4) is 16.9 Å². The second-order valence-corrected chi connectivity index (χ2v) is 7.95. The van der Waals surface area contributed by atoms with Crippen molar-refractivity contribution in [2.45, 2.75) is 32.1 Å². The maximum absolute atomic E-state index is 10.9. The van der Waals surface area contributed by atoms with E-state index >= 15 is 0 Å². The first-order valence-corrected chi connectivity index (χ1v) is 10.9. The maximum Gasteiger partial charge on any atom is 0.410 e. The minimum Gasteiger partial charge on any atom is -0.488 e. The molecule has 0 aliphatic carbocycles. The van der Waals surface area contributed by atoms with Gasteiger partial charge < -0.3 is 14.6 Å². The number of anilines is 1. The Hall–Kier alpha value is -3.91. The highest BCUT2D eigenvalue weighted by Gasteiger charge is 2.20. The first-order chi connectivity index (χ1) is 16.2. The average molecular weight is 444 g/mol. The van der Waals surface area contributed by atoms with Crippen LogP contribution in [0, 0.1) is 0 Å². The van der Waals surface area contributed by atoms with E-state index in [1.165, 1.54) is 0 Å². The molecule has 1 amide bonds.